The molecule has 0 radical (unpaired) electrons. The maximum absolute atomic E-state index is 13.0. The summed E-state index contributed by atoms with van der Waals surface area (Å²) in [5, 5.41) is 9.30. The third-order valence-corrected chi connectivity index (χ3v) is 5.74. The molecule has 0 saturated carbocycles. The summed E-state index contributed by atoms with van der Waals surface area (Å²) in [7, 11) is 0. The van der Waals surface area contributed by atoms with Crippen LogP contribution in [0.3, 0.4) is 0 Å². The van der Waals surface area contributed by atoms with Crippen LogP contribution in [0.4, 0.5) is 0 Å². The zero-order valence-corrected chi connectivity index (χ0v) is 16.3. The smallest absolute Gasteiger partial charge is 0.308 e. The van der Waals surface area contributed by atoms with Crippen molar-refractivity contribution in [3.05, 3.63) is 30.3 Å². The minimum Gasteiger partial charge on any atom is -0.484 e. The van der Waals surface area contributed by atoms with E-state index >= 15 is 0 Å². The summed E-state index contributed by atoms with van der Waals surface area (Å²) in [6, 6.07) is 9.21. The Morgan fingerprint density at radius 3 is 2.54 bits per heavy atom. The van der Waals surface area contributed by atoms with Gasteiger partial charge in [-0.1, -0.05) is 18.2 Å². The van der Waals surface area contributed by atoms with Crippen LogP contribution >= 0.6 is 0 Å². The summed E-state index contributed by atoms with van der Waals surface area (Å²) < 4.78 is 5.54. The van der Waals surface area contributed by atoms with Crippen LogP contribution in [0.2, 0.25) is 0 Å². The number of carbonyl (C=O) groups is 3. The number of hydrogen-bond donors (Lipinski definition) is 1. The van der Waals surface area contributed by atoms with Gasteiger partial charge < -0.3 is 19.6 Å². The number of carboxylic acids is 1. The van der Waals surface area contributed by atoms with Gasteiger partial charge >= 0.3 is 5.97 Å². The maximum Gasteiger partial charge on any atom is 0.308 e. The van der Waals surface area contributed by atoms with Crippen molar-refractivity contribution in [3.63, 3.8) is 0 Å². The molecule has 0 aromatic heterocycles. The van der Waals surface area contributed by atoms with Gasteiger partial charge in [-0.15, -0.1) is 0 Å². The summed E-state index contributed by atoms with van der Waals surface area (Å²) in [6.45, 7) is 3.17. The van der Waals surface area contributed by atoms with Gasteiger partial charge in [-0.25, -0.2) is 0 Å². The molecule has 3 unspecified atom stereocenters. The molecule has 3 atom stereocenters. The topological polar surface area (TPSA) is 87.2 Å². The number of carbonyl (C=O) groups excluding carboxylic acids is 2. The average molecular weight is 388 g/mol. The van der Waals surface area contributed by atoms with Crippen LogP contribution < -0.4 is 4.74 Å². The second kappa shape index (κ2) is 9.08. The number of nitrogens with zero attached hydrogens (tertiary/aromatic N) is 2. The van der Waals surface area contributed by atoms with Crippen molar-refractivity contribution in [2.24, 2.45) is 11.8 Å². The molecule has 1 N–H and O–H groups in total. The molecular weight excluding hydrogens is 360 g/mol. The SMILES string of the molecule is CC1CCC(C(=O)O)CN1C(=O)C1CCCN(C(=O)COc2ccccc2)C1. The van der Waals surface area contributed by atoms with Crippen LogP contribution in [0.1, 0.15) is 32.6 Å². The number of carboxylic acid groups (broad SMARTS) is 1. The number of piperidine rings is 2. The molecule has 7 nitrogen and oxygen atoms in total. The molecule has 3 rings (SSSR count). The van der Waals surface area contributed by atoms with Crippen LogP contribution in [0.25, 0.3) is 0 Å². The highest BCUT2D eigenvalue weighted by molar-refractivity contribution is 5.83. The fraction of sp³-hybridized carbons (Fsp3) is 0.571. The number of hydrogen-bond acceptors (Lipinski definition) is 4. The molecule has 2 saturated heterocycles. The standard InChI is InChI=1S/C21H28N2O5/c1-15-9-10-17(21(26)27)13-23(15)20(25)16-6-5-11-22(12-16)19(24)14-28-18-7-3-2-4-8-18/h2-4,7-8,15-17H,5-6,9-14H2,1H3,(H,26,27). The minimum atomic E-state index is -0.844. The first-order valence-electron chi connectivity index (χ1n) is 9.94. The summed E-state index contributed by atoms with van der Waals surface area (Å²) in [5.74, 6) is -1.13. The molecule has 7 heteroatoms. The van der Waals surface area contributed by atoms with Gasteiger partial charge in [-0.05, 0) is 44.7 Å². The highest BCUT2D eigenvalue weighted by atomic mass is 16.5. The van der Waals surface area contributed by atoms with E-state index in [0.717, 1.165) is 12.8 Å². The fourth-order valence-electron chi connectivity index (χ4n) is 4.01. The van der Waals surface area contributed by atoms with Gasteiger partial charge in [0.25, 0.3) is 5.91 Å². The predicted octanol–water partition coefficient (Wildman–Crippen LogP) is 2.02. The van der Waals surface area contributed by atoms with Crippen LogP contribution in [0, 0.1) is 11.8 Å². The van der Waals surface area contributed by atoms with Crippen LogP contribution in [0.5, 0.6) is 5.75 Å². The maximum atomic E-state index is 13.0. The third kappa shape index (κ3) is 4.82. The van der Waals surface area contributed by atoms with E-state index in [2.05, 4.69) is 0 Å². The third-order valence-electron chi connectivity index (χ3n) is 5.74. The molecule has 0 aliphatic carbocycles. The molecule has 1 aromatic rings. The Morgan fingerprint density at radius 1 is 1.07 bits per heavy atom. The normalized spacial score (nSPS) is 25.2. The van der Waals surface area contributed by atoms with Crippen molar-refractivity contribution in [2.45, 2.75) is 38.6 Å². The van der Waals surface area contributed by atoms with E-state index in [9.17, 15) is 19.5 Å². The first-order valence-corrected chi connectivity index (χ1v) is 9.94. The van der Waals surface area contributed by atoms with Gasteiger partial charge in [0.05, 0.1) is 11.8 Å². The Morgan fingerprint density at radius 2 is 1.82 bits per heavy atom. The van der Waals surface area contributed by atoms with Crippen molar-refractivity contribution >= 4 is 17.8 Å². The van der Waals surface area contributed by atoms with E-state index in [0.29, 0.717) is 31.7 Å². The van der Waals surface area contributed by atoms with E-state index in [-0.39, 0.29) is 36.9 Å². The predicted molar refractivity (Wildman–Crippen MR) is 103 cm³/mol. The number of rotatable bonds is 5. The molecule has 0 spiro atoms. The second-order valence-electron chi connectivity index (χ2n) is 7.73. The number of para-hydroxylation sites is 1. The number of amides is 2. The van der Waals surface area contributed by atoms with Gasteiger partial charge in [0.15, 0.2) is 6.61 Å². The Kier molecular flexibility index (Phi) is 6.54. The Balaban J connectivity index is 1.56. The van der Waals surface area contributed by atoms with Crippen molar-refractivity contribution < 1.29 is 24.2 Å². The molecule has 0 bridgehead atoms. The zero-order valence-electron chi connectivity index (χ0n) is 16.3. The molecule has 2 aliphatic rings. The lowest BCUT2D eigenvalue weighted by Crippen LogP contribution is -2.53. The molecular formula is C21H28N2O5. The van der Waals surface area contributed by atoms with Crippen molar-refractivity contribution in [2.75, 3.05) is 26.2 Å². The number of benzene rings is 1. The first kappa shape index (κ1) is 20.2. The van der Waals surface area contributed by atoms with Crippen molar-refractivity contribution in [3.8, 4) is 5.75 Å². The van der Waals surface area contributed by atoms with Gasteiger partial charge in [0, 0.05) is 25.7 Å². The highest BCUT2D eigenvalue weighted by Crippen LogP contribution is 2.27. The first-order chi connectivity index (χ1) is 13.5. The van der Waals surface area contributed by atoms with E-state index in [4.69, 9.17) is 4.74 Å². The van der Waals surface area contributed by atoms with E-state index < -0.39 is 11.9 Å². The van der Waals surface area contributed by atoms with Crippen molar-refractivity contribution in [1.29, 1.82) is 0 Å². The lowest BCUT2D eigenvalue weighted by molar-refractivity contribution is -0.150. The molecule has 28 heavy (non-hydrogen) atoms. The van der Waals surface area contributed by atoms with E-state index in [1.807, 2.05) is 25.1 Å². The molecule has 2 heterocycles. The Labute approximate surface area is 165 Å². The lowest BCUT2D eigenvalue weighted by Gasteiger charge is -2.40. The Bertz CT molecular complexity index is 708. The summed E-state index contributed by atoms with van der Waals surface area (Å²) >= 11 is 0. The van der Waals surface area contributed by atoms with E-state index in [1.54, 1.807) is 21.9 Å². The minimum absolute atomic E-state index is 0.0278. The number of likely N-dealkylation sites (tertiary alicyclic amines) is 2. The Hall–Kier alpha value is -2.57. The highest BCUT2D eigenvalue weighted by Gasteiger charge is 2.37. The van der Waals surface area contributed by atoms with E-state index in [1.165, 1.54) is 0 Å². The average Bonchev–Trinajstić information content (AvgIpc) is 2.72. The van der Waals surface area contributed by atoms with Crippen LogP contribution in [-0.4, -0.2) is 65.0 Å². The molecule has 2 aliphatic heterocycles. The second-order valence-corrected chi connectivity index (χ2v) is 7.73. The molecule has 2 amide bonds. The fourth-order valence-corrected chi connectivity index (χ4v) is 4.01. The van der Waals surface area contributed by atoms with Gasteiger partial charge in [-0.2, -0.15) is 0 Å². The van der Waals surface area contributed by atoms with Crippen LogP contribution in [-0.2, 0) is 14.4 Å². The monoisotopic (exact) mass is 388 g/mol. The van der Waals surface area contributed by atoms with Crippen LogP contribution in [0.15, 0.2) is 30.3 Å². The largest absolute Gasteiger partial charge is 0.484 e. The summed E-state index contributed by atoms with van der Waals surface area (Å²) in [4.78, 5) is 40.3. The summed E-state index contributed by atoms with van der Waals surface area (Å²) in [5.41, 5.74) is 0. The lowest BCUT2D eigenvalue weighted by atomic mass is 9.90. The number of aliphatic carboxylic acids is 1. The zero-order chi connectivity index (χ0) is 20.1. The van der Waals surface area contributed by atoms with Crippen molar-refractivity contribution in [1.82, 2.24) is 9.80 Å². The quantitative estimate of drug-likeness (QED) is 0.834. The van der Waals surface area contributed by atoms with Gasteiger partial charge in [0.2, 0.25) is 5.91 Å². The molecule has 2 fully saturated rings. The summed E-state index contributed by atoms with van der Waals surface area (Å²) in [6.07, 6.45) is 2.79. The molecule has 152 valence electrons. The number of ether oxygens (including phenoxy) is 1. The molecule has 1 aromatic carbocycles. The van der Waals surface area contributed by atoms with Gasteiger partial charge in [0.1, 0.15) is 5.75 Å². The van der Waals surface area contributed by atoms with Gasteiger partial charge in [-0.3, -0.25) is 14.4 Å².